The molecule has 0 spiro atoms. The quantitative estimate of drug-likeness (QED) is 0.656. The van der Waals surface area contributed by atoms with Crippen LogP contribution in [0.25, 0.3) is 0 Å². The minimum atomic E-state index is -1.19. The van der Waals surface area contributed by atoms with Crippen LogP contribution in [0.4, 0.5) is 0 Å². The number of hydrogen-bond acceptors (Lipinski definition) is 2. The molecule has 0 saturated carbocycles. The van der Waals surface area contributed by atoms with Crippen molar-refractivity contribution in [1.82, 2.24) is 0 Å². The molecule has 0 saturated heterocycles. The highest BCUT2D eigenvalue weighted by molar-refractivity contribution is 7.82. The van der Waals surface area contributed by atoms with E-state index in [4.69, 9.17) is 9.88 Å². The third-order valence-corrected chi connectivity index (χ3v) is 2.06. The topological polar surface area (TPSA) is 52.3 Å². The van der Waals surface area contributed by atoms with Crippen molar-refractivity contribution in [2.75, 3.05) is 12.9 Å². The summed E-state index contributed by atoms with van der Waals surface area (Å²) in [7, 11) is 0.445. The Labute approximate surface area is 64.5 Å². The van der Waals surface area contributed by atoms with Gasteiger partial charge < -0.3 is 4.74 Å². The van der Waals surface area contributed by atoms with Gasteiger partial charge in [-0.1, -0.05) is 0 Å². The first-order valence-corrected chi connectivity index (χ1v) is 4.54. The van der Waals surface area contributed by atoms with Crippen LogP contribution in [-0.4, -0.2) is 22.7 Å². The normalized spacial score (nSPS) is 15.2. The fraction of sp³-hybridized carbons (Fsp3) is 1.00. The zero-order valence-electron chi connectivity index (χ0n) is 6.72. The fourth-order valence-electron chi connectivity index (χ4n) is 0.448. The van der Waals surface area contributed by atoms with E-state index in [1.165, 1.54) is 0 Å². The second kappa shape index (κ2) is 4.05. The summed E-state index contributed by atoms with van der Waals surface area (Å²) in [5.41, 5.74) is -0.199. The Morgan fingerprint density at radius 1 is 1.60 bits per heavy atom. The molecule has 0 aliphatic heterocycles. The van der Waals surface area contributed by atoms with E-state index < -0.39 is 11.0 Å². The maximum Gasteiger partial charge on any atom is 0.0889 e. The lowest BCUT2D eigenvalue weighted by Crippen LogP contribution is -2.26. The lowest BCUT2D eigenvalue weighted by atomic mass is 10.1. The van der Waals surface area contributed by atoms with Crippen molar-refractivity contribution in [1.29, 1.82) is 0 Å². The lowest BCUT2D eigenvalue weighted by molar-refractivity contribution is 0.0205. The van der Waals surface area contributed by atoms with E-state index >= 15 is 0 Å². The number of nitrogens with two attached hydrogens (primary N) is 1. The van der Waals surface area contributed by atoms with Gasteiger partial charge in [0.25, 0.3) is 0 Å². The van der Waals surface area contributed by atoms with Crippen molar-refractivity contribution in [2.24, 2.45) is 5.14 Å². The zero-order chi connectivity index (χ0) is 8.20. The molecule has 1 atom stereocenters. The van der Waals surface area contributed by atoms with Gasteiger partial charge in [0.05, 0.1) is 16.6 Å². The number of methoxy groups -OCH3 is 1. The first kappa shape index (κ1) is 10.1. The summed E-state index contributed by atoms with van der Waals surface area (Å²) in [6.07, 6.45) is 0.729. The molecule has 0 rings (SSSR count). The average molecular weight is 165 g/mol. The monoisotopic (exact) mass is 165 g/mol. The molecule has 3 nitrogen and oxygen atoms in total. The molecule has 0 aromatic rings. The maximum atomic E-state index is 10.4. The van der Waals surface area contributed by atoms with Gasteiger partial charge in [-0.3, -0.25) is 5.14 Å². The minimum Gasteiger partial charge on any atom is -0.379 e. The predicted molar refractivity (Wildman–Crippen MR) is 42.9 cm³/mol. The molecule has 4 heteroatoms. The van der Waals surface area contributed by atoms with E-state index in [2.05, 4.69) is 0 Å². The highest BCUT2D eigenvalue weighted by atomic mass is 32.2. The second-order valence-corrected chi connectivity index (χ2v) is 3.97. The van der Waals surface area contributed by atoms with Gasteiger partial charge in [0.15, 0.2) is 0 Å². The molecule has 0 aliphatic rings. The summed E-state index contributed by atoms with van der Waals surface area (Å²) in [6.45, 7) is 3.89. The number of rotatable bonds is 4. The van der Waals surface area contributed by atoms with E-state index in [1.54, 1.807) is 7.11 Å². The molecule has 1 unspecified atom stereocenters. The molecule has 0 aromatic heterocycles. The van der Waals surface area contributed by atoms with Gasteiger partial charge in [-0.2, -0.15) is 0 Å². The van der Waals surface area contributed by atoms with E-state index in [1.807, 2.05) is 13.8 Å². The van der Waals surface area contributed by atoms with Crippen molar-refractivity contribution in [3.8, 4) is 0 Å². The van der Waals surface area contributed by atoms with Crippen molar-refractivity contribution in [2.45, 2.75) is 25.9 Å². The average Bonchev–Trinajstić information content (AvgIpc) is 1.85. The maximum absolute atomic E-state index is 10.4. The fourth-order valence-corrected chi connectivity index (χ4v) is 1.14. The summed E-state index contributed by atoms with van der Waals surface area (Å²) < 4.78 is 15.5. The molecule has 0 aromatic carbocycles. The molecule has 62 valence electrons. The standard InChI is InChI=1S/C6H15NO2S/c1-6(2,9-3)4-5-10(7)8/h4-5,7H2,1-3H3. The summed E-state index contributed by atoms with van der Waals surface area (Å²) in [6, 6.07) is 0. The first-order valence-electron chi connectivity index (χ1n) is 3.16. The summed E-state index contributed by atoms with van der Waals surface area (Å²) in [5, 5.41) is 5.07. The summed E-state index contributed by atoms with van der Waals surface area (Å²) >= 11 is 0. The van der Waals surface area contributed by atoms with E-state index in [0.717, 1.165) is 6.42 Å². The molecule has 2 N–H and O–H groups in total. The highest BCUT2D eigenvalue weighted by Crippen LogP contribution is 2.12. The minimum absolute atomic E-state index is 0.199. The molecule has 0 fully saturated rings. The Bertz CT molecular complexity index is 125. The first-order chi connectivity index (χ1) is 4.48. The van der Waals surface area contributed by atoms with Gasteiger partial charge in [-0.25, -0.2) is 4.21 Å². The molecule has 0 heterocycles. The Kier molecular flexibility index (Phi) is 4.08. The summed E-state index contributed by atoms with van der Waals surface area (Å²) in [5.74, 6) is 0.501. The van der Waals surface area contributed by atoms with E-state index in [9.17, 15) is 4.21 Å². The van der Waals surface area contributed by atoms with Crippen LogP contribution in [0.15, 0.2) is 0 Å². The molecular weight excluding hydrogens is 150 g/mol. The summed E-state index contributed by atoms with van der Waals surface area (Å²) in [4.78, 5) is 0. The van der Waals surface area contributed by atoms with Gasteiger partial charge in [-0.15, -0.1) is 0 Å². The SMILES string of the molecule is COC(C)(C)CCS(N)=O. The number of ether oxygens (including phenoxy) is 1. The van der Waals surface area contributed by atoms with Crippen LogP contribution in [0.2, 0.25) is 0 Å². The van der Waals surface area contributed by atoms with Gasteiger partial charge in [0.2, 0.25) is 0 Å². The second-order valence-electron chi connectivity index (χ2n) is 2.80. The van der Waals surface area contributed by atoms with Gasteiger partial charge in [-0.05, 0) is 20.3 Å². The van der Waals surface area contributed by atoms with E-state index in [-0.39, 0.29) is 5.60 Å². The third kappa shape index (κ3) is 4.90. The number of hydrogen-bond donors (Lipinski definition) is 1. The Hall–Kier alpha value is 0.0700. The predicted octanol–water partition coefficient (Wildman–Crippen LogP) is 0.424. The molecule has 0 bridgehead atoms. The van der Waals surface area contributed by atoms with Crippen LogP contribution in [-0.2, 0) is 15.7 Å². The molecule has 0 amide bonds. The van der Waals surface area contributed by atoms with Gasteiger partial charge in [0, 0.05) is 12.9 Å². The Morgan fingerprint density at radius 2 is 2.10 bits per heavy atom. The van der Waals surface area contributed by atoms with Gasteiger partial charge >= 0.3 is 0 Å². The lowest BCUT2D eigenvalue weighted by Gasteiger charge is -2.21. The van der Waals surface area contributed by atoms with Crippen LogP contribution in [0.1, 0.15) is 20.3 Å². The Morgan fingerprint density at radius 3 is 2.40 bits per heavy atom. The third-order valence-electron chi connectivity index (χ3n) is 1.46. The van der Waals surface area contributed by atoms with Crippen LogP contribution < -0.4 is 5.14 Å². The molecule has 0 radical (unpaired) electrons. The smallest absolute Gasteiger partial charge is 0.0889 e. The molecule has 0 aliphatic carbocycles. The van der Waals surface area contributed by atoms with Gasteiger partial charge in [0.1, 0.15) is 0 Å². The highest BCUT2D eigenvalue weighted by Gasteiger charge is 2.16. The van der Waals surface area contributed by atoms with Crippen molar-refractivity contribution in [3.05, 3.63) is 0 Å². The van der Waals surface area contributed by atoms with Crippen molar-refractivity contribution < 1.29 is 8.95 Å². The van der Waals surface area contributed by atoms with Crippen LogP contribution >= 0.6 is 0 Å². The molecule has 10 heavy (non-hydrogen) atoms. The van der Waals surface area contributed by atoms with Crippen molar-refractivity contribution in [3.63, 3.8) is 0 Å². The van der Waals surface area contributed by atoms with Crippen LogP contribution in [0, 0.1) is 0 Å². The largest absolute Gasteiger partial charge is 0.379 e. The Balaban J connectivity index is 3.56. The van der Waals surface area contributed by atoms with E-state index in [0.29, 0.717) is 5.75 Å². The molecular formula is C6H15NO2S. The van der Waals surface area contributed by atoms with Crippen LogP contribution in [0.3, 0.4) is 0 Å². The van der Waals surface area contributed by atoms with Crippen molar-refractivity contribution >= 4 is 11.0 Å². The zero-order valence-corrected chi connectivity index (χ0v) is 7.53. The van der Waals surface area contributed by atoms with Crippen LogP contribution in [0.5, 0.6) is 0 Å².